The molecule has 0 aromatic heterocycles. The highest BCUT2D eigenvalue weighted by Crippen LogP contribution is 2.61. The summed E-state index contributed by atoms with van der Waals surface area (Å²) in [6.45, 7) is 3.86. The Morgan fingerprint density at radius 3 is 2.06 bits per heavy atom. The summed E-state index contributed by atoms with van der Waals surface area (Å²) in [4.78, 5) is 11.4. The van der Waals surface area contributed by atoms with Crippen molar-refractivity contribution >= 4 is 15.8 Å². The first-order valence-corrected chi connectivity index (χ1v) is 7.50. The third kappa shape index (κ3) is 1.78. The third-order valence-corrected chi connectivity index (χ3v) is 5.89. The van der Waals surface area contributed by atoms with E-state index in [1.807, 2.05) is 13.8 Å². The molecular formula is C11H18O5S. The van der Waals surface area contributed by atoms with Crippen molar-refractivity contribution in [2.75, 3.05) is 11.5 Å². The van der Waals surface area contributed by atoms with Gasteiger partial charge in [0.25, 0.3) is 0 Å². The molecule has 0 aromatic rings. The summed E-state index contributed by atoms with van der Waals surface area (Å²) >= 11 is 0. The molecule has 98 valence electrons. The van der Waals surface area contributed by atoms with Gasteiger partial charge in [-0.05, 0) is 24.7 Å². The Labute approximate surface area is 101 Å². The van der Waals surface area contributed by atoms with Crippen molar-refractivity contribution in [3.05, 3.63) is 0 Å². The highest BCUT2D eigenvalue weighted by Gasteiger charge is 2.67. The lowest BCUT2D eigenvalue weighted by Crippen LogP contribution is -2.63. The van der Waals surface area contributed by atoms with E-state index < -0.39 is 32.6 Å². The van der Waals surface area contributed by atoms with Crippen molar-refractivity contribution in [3.8, 4) is 0 Å². The third-order valence-electron chi connectivity index (χ3n) is 4.15. The zero-order chi connectivity index (χ0) is 13.1. The quantitative estimate of drug-likeness (QED) is 0.753. The molecule has 1 heterocycles. The average Bonchev–Trinajstić information content (AvgIpc) is 2.36. The number of hydrogen-bond acceptors (Lipinski definition) is 4. The van der Waals surface area contributed by atoms with Gasteiger partial charge in [0.1, 0.15) is 0 Å². The molecule has 17 heavy (non-hydrogen) atoms. The molecule has 0 aromatic carbocycles. The van der Waals surface area contributed by atoms with Crippen molar-refractivity contribution in [3.63, 3.8) is 0 Å². The van der Waals surface area contributed by atoms with Gasteiger partial charge in [-0.3, -0.25) is 4.79 Å². The molecule has 2 aliphatic rings. The Bertz CT molecular complexity index is 456. The van der Waals surface area contributed by atoms with Crippen LogP contribution in [0, 0.1) is 10.8 Å². The van der Waals surface area contributed by atoms with Gasteiger partial charge in [-0.2, -0.15) is 0 Å². The van der Waals surface area contributed by atoms with Crippen LogP contribution in [-0.4, -0.2) is 41.7 Å². The van der Waals surface area contributed by atoms with E-state index in [0.29, 0.717) is 12.8 Å². The minimum absolute atomic E-state index is 0.0394. The first-order chi connectivity index (χ1) is 7.52. The number of sulfone groups is 1. The lowest BCUT2D eigenvalue weighted by Gasteiger charge is -2.56. The molecule has 1 saturated carbocycles. The first kappa shape index (κ1) is 12.8. The summed E-state index contributed by atoms with van der Waals surface area (Å²) in [5.74, 6) is -1.60. The molecule has 6 heteroatoms. The summed E-state index contributed by atoms with van der Waals surface area (Å²) in [5.41, 5.74) is -3.01. The minimum Gasteiger partial charge on any atom is -0.481 e. The molecule has 2 fully saturated rings. The summed E-state index contributed by atoms with van der Waals surface area (Å²) < 4.78 is 22.9. The Hall–Kier alpha value is -0.620. The Morgan fingerprint density at radius 2 is 1.76 bits per heavy atom. The van der Waals surface area contributed by atoms with Crippen molar-refractivity contribution in [2.24, 2.45) is 10.8 Å². The molecule has 0 radical (unpaired) electrons. The van der Waals surface area contributed by atoms with Crippen molar-refractivity contribution < 1.29 is 23.4 Å². The van der Waals surface area contributed by atoms with E-state index in [2.05, 4.69) is 0 Å². The Kier molecular flexibility index (Phi) is 2.44. The topological polar surface area (TPSA) is 91.7 Å². The molecule has 5 nitrogen and oxygen atoms in total. The highest BCUT2D eigenvalue weighted by molar-refractivity contribution is 7.91. The smallest absolute Gasteiger partial charge is 0.312 e. The monoisotopic (exact) mass is 262 g/mol. The van der Waals surface area contributed by atoms with Crippen molar-refractivity contribution in [1.82, 2.24) is 0 Å². The number of aliphatic carboxylic acids is 1. The number of rotatable bonds is 2. The second-order valence-electron chi connectivity index (χ2n) is 6.28. The van der Waals surface area contributed by atoms with E-state index in [4.69, 9.17) is 0 Å². The maximum absolute atomic E-state index is 11.5. The van der Waals surface area contributed by atoms with E-state index in [1.165, 1.54) is 0 Å². The normalized spacial score (nSPS) is 37.4. The van der Waals surface area contributed by atoms with E-state index in [0.717, 1.165) is 0 Å². The van der Waals surface area contributed by atoms with Crippen LogP contribution in [0.15, 0.2) is 0 Å². The molecule has 0 spiro atoms. The number of hydrogen-bond donors (Lipinski definition) is 2. The van der Waals surface area contributed by atoms with Gasteiger partial charge < -0.3 is 10.2 Å². The number of carbonyl (C=O) groups is 1. The predicted molar refractivity (Wildman–Crippen MR) is 61.3 cm³/mol. The fraction of sp³-hybridized carbons (Fsp3) is 0.909. The molecule has 1 aliphatic carbocycles. The van der Waals surface area contributed by atoms with Gasteiger partial charge in [0.15, 0.2) is 9.84 Å². The maximum Gasteiger partial charge on any atom is 0.312 e. The molecule has 1 atom stereocenters. The zero-order valence-electron chi connectivity index (χ0n) is 10.1. The number of carboxylic acids is 1. The molecule has 2 rings (SSSR count). The van der Waals surface area contributed by atoms with E-state index in [-0.39, 0.29) is 17.6 Å². The lowest BCUT2D eigenvalue weighted by molar-refractivity contribution is -0.199. The SMILES string of the molecule is CC1(C)CC(C(=O)O)(C2(O)CCS(=O)(=O)C2)C1. The van der Waals surface area contributed by atoms with Crippen LogP contribution in [-0.2, 0) is 14.6 Å². The molecule has 0 amide bonds. The van der Waals surface area contributed by atoms with Gasteiger partial charge in [0.2, 0.25) is 0 Å². The maximum atomic E-state index is 11.5. The van der Waals surface area contributed by atoms with Crippen LogP contribution in [0.2, 0.25) is 0 Å². The van der Waals surface area contributed by atoms with Gasteiger partial charge in [-0.1, -0.05) is 13.8 Å². The van der Waals surface area contributed by atoms with Crippen LogP contribution in [0.4, 0.5) is 0 Å². The lowest BCUT2D eigenvalue weighted by atomic mass is 9.48. The average molecular weight is 262 g/mol. The Balaban J connectivity index is 2.35. The van der Waals surface area contributed by atoms with Crippen LogP contribution in [0.25, 0.3) is 0 Å². The fourth-order valence-electron chi connectivity index (χ4n) is 3.47. The van der Waals surface area contributed by atoms with Crippen LogP contribution >= 0.6 is 0 Å². The highest BCUT2D eigenvalue weighted by atomic mass is 32.2. The number of carboxylic acid groups (broad SMARTS) is 1. The summed E-state index contributed by atoms with van der Waals surface area (Å²) in [6, 6.07) is 0. The van der Waals surface area contributed by atoms with E-state index in [1.54, 1.807) is 0 Å². The molecule has 1 unspecified atom stereocenters. The number of aliphatic hydroxyl groups is 1. The van der Waals surface area contributed by atoms with Gasteiger partial charge in [0.05, 0.1) is 22.5 Å². The predicted octanol–water partition coefficient (Wildman–Crippen LogP) is 0.427. The molecule has 1 saturated heterocycles. The summed E-state index contributed by atoms with van der Waals surface area (Å²) in [7, 11) is -3.30. The summed E-state index contributed by atoms with van der Waals surface area (Å²) in [5, 5.41) is 19.8. The van der Waals surface area contributed by atoms with Gasteiger partial charge in [-0.15, -0.1) is 0 Å². The second kappa shape index (κ2) is 3.23. The van der Waals surface area contributed by atoms with Gasteiger partial charge in [-0.25, -0.2) is 8.42 Å². The standard InChI is InChI=1S/C11H18O5S/c1-9(2)5-10(6-9,8(12)13)11(14)3-4-17(15,16)7-11/h14H,3-7H2,1-2H3,(H,12,13). The Morgan fingerprint density at radius 1 is 1.24 bits per heavy atom. The van der Waals surface area contributed by atoms with Crippen LogP contribution < -0.4 is 0 Å². The van der Waals surface area contributed by atoms with Crippen LogP contribution in [0.5, 0.6) is 0 Å². The van der Waals surface area contributed by atoms with E-state index in [9.17, 15) is 23.4 Å². The second-order valence-corrected chi connectivity index (χ2v) is 8.46. The van der Waals surface area contributed by atoms with Crippen molar-refractivity contribution in [1.29, 1.82) is 0 Å². The molecule has 2 N–H and O–H groups in total. The van der Waals surface area contributed by atoms with Crippen LogP contribution in [0.3, 0.4) is 0 Å². The van der Waals surface area contributed by atoms with Crippen LogP contribution in [0.1, 0.15) is 33.1 Å². The largest absolute Gasteiger partial charge is 0.481 e. The summed E-state index contributed by atoms with van der Waals surface area (Å²) in [6.07, 6.45) is 0.709. The van der Waals surface area contributed by atoms with E-state index >= 15 is 0 Å². The molecule has 0 bridgehead atoms. The molecular weight excluding hydrogens is 244 g/mol. The van der Waals surface area contributed by atoms with Gasteiger partial charge in [0, 0.05) is 0 Å². The molecule has 1 aliphatic heterocycles. The first-order valence-electron chi connectivity index (χ1n) is 5.68. The zero-order valence-corrected chi connectivity index (χ0v) is 10.9. The van der Waals surface area contributed by atoms with Gasteiger partial charge >= 0.3 is 5.97 Å². The minimum atomic E-state index is -3.30. The fourth-order valence-corrected chi connectivity index (χ4v) is 5.41. The van der Waals surface area contributed by atoms with Crippen molar-refractivity contribution in [2.45, 2.75) is 38.7 Å².